The zero-order valence-electron chi connectivity index (χ0n) is 8.73. The molecule has 0 bridgehead atoms. The number of carboxylic acid groups (broad SMARTS) is 1. The average Bonchev–Trinajstić information content (AvgIpc) is 2.18. The van der Waals surface area contributed by atoms with Gasteiger partial charge in [-0.25, -0.2) is 4.79 Å². The third kappa shape index (κ3) is 4.16. The third-order valence-corrected chi connectivity index (χ3v) is 2.21. The van der Waals surface area contributed by atoms with Crippen molar-refractivity contribution >= 4 is 12.0 Å². The molecule has 0 aromatic rings. The summed E-state index contributed by atoms with van der Waals surface area (Å²) in [4.78, 5) is 22.9. The Hall–Kier alpha value is -1.30. The molecule has 0 aromatic carbocycles. The molecule has 0 saturated carbocycles. The van der Waals surface area contributed by atoms with E-state index in [1.165, 1.54) is 7.05 Å². The van der Waals surface area contributed by atoms with Gasteiger partial charge in [-0.05, 0) is 12.8 Å². The second-order valence-electron chi connectivity index (χ2n) is 3.61. The van der Waals surface area contributed by atoms with Gasteiger partial charge in [0.25, 0.3) is 0 Å². The maximum Gasteiger partial charge on any atom is 0.323 e. The Morgan fingerprint density at radius 2 is 2.33 bits per heavy atom. The molecule has 0 spiro atoms. The number of amides is 2. The van der Waals surface area contributed by atoms with E-state index in [9.17, 15) is 9.59 Å². The highest BCUT2D eigenvalue weighted by atomic mass is 16.5. The maximum atomic E-state index is 11.4. The molecule has 0 aliphatic carbocycles. The van der Waals surface area contributed by atoms with Crippen molar-refractivity contribution in [3.63, 3.8) is 0 Å². The van der Waals surface area contributed by atoms with Gasteiger partial charge >= 0.3 is 12.0 Å². The smallest absolute Gasteiger partial charge is 0.323 e. The first-order valence-electron chi connectivity index (χ1n) is 4.90. The number of carboxylic acids is 1. The molecule has 1 aliphatic heterocycles. The number of aliphatic carboxylic acids is 1. The molecule has 6 nitrogen and oxygen atoms in total. The number of nitrogens with one attached hydrogen (secondary N) is 1. The van der Waals surface area contributed by atoms with E-state index in [4.69, 9.17) is 9.84 Å². The third-order valence-electron chi connectivity index (χ3n) is 2.21. The second-order valence-corrected chi connectivity index (χ2v) is 3.61. The quantitative estimate of drug-likeness (QED) is 0.690. The van der Waals surface area contributed by atoms with Gasteiger partial charge in [0.15, 0.2) is 0 Å². The fourth-order valence-electron chi connectivity index (χ4n) is 1.41. The molecule has 2 N–H and O–H groups in total. The Balaban J connectivity index is 2.30. The van der Waals surface area contributed by atoms with Gasteiger partial charge in [-0.2, -0.15) is 0 Å². The van der Waals surface area contributed by atoms with Crippen LogP contribution in [0.25, 0.3) is 0 Å². The molecule has 2 amide bonds. The number of likely N-dealkylation sites (N-methyl/N-ethyl adjacent to an activating group) is 1. The van der Waals surface area contributed by atoms with Crippen molar-refractivity contribution in [1.29, 1.82) is 0 Å². The minimum Gasteiger partial charge on any atom is -0.480 e. The van der Waals surface area contributed by atoms with Crippen LogP contribution in [0.15, 0.2) is 0 Å². The average molecular weight is 216 g/mol. The Morgan fingerprint density at radius 3 is 2.87 bits per heavy atom. The molecule has 0 radical (unpaired) electrons. The van der Waals surface area contributed by atoms with Crippen molar-refractivity contribution in [2.75, 3.05) is 26.8 Å². The van der Waals surface area contributed by atoms with E-state index in [2.05, 4.69) is 5.32 Å². The second kappa shape index (κ2) is 5.55. The van der Waals surface area contributed by atoms with Crippen LogP contribution in [0.5, 0.6) is 0 Å². The molecule has 86 valence electrons. The van der Waals surface area contributed by atoms with E-state index in [1.54, 1.807) is 0 Å². The van der Waals surface area contributed by atoms with E-state index in [0.717, 1.165) is 24.3 Å². The van der Waals surface area contributed by atoms with Crippen molar-refractivity contribution < 1.29 is 19.4 Å². The van der Waals surface area contributed by atoms with Gasteiger partial charge in [-0.3, -0.25) is 4.79 Å². The number of ether oxygens (including phenoxy) is 1. The monoisotopic (exact) mass is 216 g/mol. The zero-order valence-corrected chi connectivity index (χ0v) is 8.73. The van der Waals surface area contributed by atoms with Crippen molar-refractivity contribution in [3.05, 3.63) is 0 Å². The summed E-state index contributed by atoms with van der Waals surface area (Å²) in [5, 5.41) is 11.2. The van der Waals surface area contributed by atoms with E-state index in [0.29, 0.717) is 6.61 Å². The van der Waals surface area contributed by atoms with Crippen LogP contribution in [0.1, 0.15) is 12.8 Å². The van der Waals surface area contributed by atoms with Gasteiger partial charge in [0, 0.05) is 13.7 Å². The molecular weight excluding hydrogens is 200 g/mol. The summed E-state index contributed by atoms with van der Waals surface area (Å²) in [7, 11) is 1.45. The first kappa shape index (κ1) is 11.8. The summed E-state index contributed by atoms with van der Waals surface area (Å²) in [6.07, 6.45) is 1.81. The summed E-state index contributed by atoms with van der Waals surface area (Å²) in [5.74, 6) is -1.02. The first-order chi connectivity index (χ1) is 7.09. The SMILES string of the molecule is CN(CC(=O)O)C(=O)NC1CCCOC1. The molecule has 1 rings (SSSR count). The normalized spacial score (nSPS) is 20.7. The van der Waals surface area contributed by atoms with Gasteiger partial charge < -0.3 is 20.1 Å². The maximum absolute atomic E-state index is 11.4. The van der Waals surface area contributed by atoms with Crippen LogP contribution in [0.2, 0.25) is 0 Å². The number of urea groups is 1. The van der Waals surface area contributed by atoms with Crippen LogP contribution in [0.3, 0.4) is 0 Å². The van der Waals surface area contributed by atoms with Crippen molar-refractivity contribution in [1.82, 2.24) is 10.2 Å². The molecule has 1 unspecified atom stereocenters. The molecule has 6 heteroatoms. The first-order valence-corrected chi connectivity index (χ1v) is 4.90. The predicted octanol–water partition coefficient (Wildman–Crippen LogP) is -0.109. The van der Waals surface area contributed by atoms with E-state index in [1.807, 2.05) is 0 Å². The van der Waals surface area contributed by atoms with E-state index < -0.39 is 5.97 Å². The highest BCUT2D eigenvalue weighted by molar-refractivity contribution is 5.79. The van der Waals surface area contributed by atoms with Crippen LogP contribution >= 0.6 is 0 Å². The molecule has 15 heavy (non-hydrogen) atoms. The summed E-state index contributed by atoms with van der Waals surface area (Å²) >= 11 is 0. The standard InChI is InChI=1S/C9H16N2O4/c1-11(5-8(12)13)9(14)10-7-3-2-4-15-6-7/h7H,2-6H2,1H3,(H,10,14)(H,12,13). The lowest BCUT2D eigenvalue weighted by Gasteiger charge is -2.25. The lowest BCUT2D eigenvalue weighted by Crippen LogP contribution is -2.47. The molecular formula is C9H16N2O4. The fourth-order valence-corrected chi connectivity index (χ4v) is 1.41. The Kier molecular flexibility index (Phi) is 4.36. The van der Waals surface area contributed by atoms with Gasteiger partial charge in [-0.15, -0.1) is 0 Å². The van der Waals surface area contributed by atoms with Crippen LogP contribution < -0.4 is 5.32 Å². The Labute approximate surface area is 88.2 Å². The zero-order chi connectivity index (χ0) is 11.3. The summed E-state index contributed by atoms with van der Waals surface area (Å²) in [6, 6.07) is -0.365. The minimum absolute atomic E-state index is 0.00231. The van der Waals surface area contributed by atoms with Crippen molar-refractivity contribution in [2.24, 2.45) is 0 Å². The van der Waals surface area contributed by atoms with Crippen molar-refractivity contribution in [2.45, 2.75) is 18.9 Å². The summed E-state index contributed by atoms with van der Waals surface area (Å²) < 4.78 is 5.19. The van der Waals surface area contributed by atoms with Crippen LogP contribution in [-0.2, 0) is 9.53 Å². The molecule has 1 saturated heterocycles. The number of rotatable bonds is 3. The van der Waals surface area contributed by atoms with Gasteiger partial charge in [0.05, 0.1) is 12.6 Å². The van der Waals surface area contributed by atoms with Gasteiger partial charge in [0.2, 0.25) is 0 Å². The Morgan fingerprint density at radius 1 is 1.60 bits per heavy atom. The molecule has 1 heterocycles. The minimum atomic E-state index is -1.02. The number of carbonyl (C=O) groups is 2. The van der Waals surface area contributed by atoms with Gasteiger partial charge in [-0.1, -0.05) is 0 Å². The van der Waals surface area contributed by atoms with E-state index >= 15 is 0 Å². The Bertz CT molecular complexity index is 238. The number of hydrogen-bond acceptors (Lipinski definition) is 3. The highest BCUT2D eigenvalue weighted by Crippen LogP contribution is 2.05. The lowest BCUT2D eigenvalue weighted by molar-refractivity contribution is -0.137. The molecule has 0 aromatic heterocycles. The lowest BCUT2D eigenvalue weighted by atomic mass is 10.1. The number of hydrogen-bond donors (Lipinski definition) is 2. The number of nitrogens with zero attached hydrogens (tertiary/aromatic N) is 1. The summed E-state index contributed by atoms with van der Waals surface area (Å²) in [5.41, 5.74) is 0. The highest BCUT2D eigenvalue weighted by Gasteiger charge is 2.19. The van der Waals surface area contributed by atoms with Crippen molar-refractivity contribution in [3.8, 4) is 0 Å². The largest absolute Gasteiger partial charge is 0.480 e. The van der Waals surface area contributed by atoms with Crippen LogP contribution in [0.4, 0.5) is 4.79 Å². The van der Waals surface area contributed by atoms with E-state index in [-0.39, 0.29) is 18.6 Å². The molecule has 1 aliphatic rings. The summed E-state index contributed by atoms with van der Waals surface area (Å²) in [6.45, 7) is 0.948. The molecule has 1 atom stereocenters. The van der Waals surface area contributed by atoms with Crippen LogP contribution in [-0.4, -0.2) is 54.9 Å². The topological polar surface area (TPSA) is 78.9 Å². The van der Waals surface area contributed by atoms with Crippen LogP contribution in [0, 0.1) is 0 Å². The number of carbonyl (C=O) groups excluding carboxylic acids is 1. The fraction of sp³-hybridized carbons (Fsp3) is 0.778. The predicted molar refractivity (Wildman–Crippen MR) is 52.6 cm³/mol. The van der Waals surface area contributed by atoms with Gasteiger partial charge in [0.1, 0.15) is 6.54 Å². The molecule has 1 fully saturated rings.